The summed E-state index contributed by atoms with van der Waals surface area (Å²) in [6.07, 6.45) is -1.21. The molecule has 0 saturated carbocycles. The summed E-state index contributed by atoms with van der Waals surface area (Å²) >= 11 is 0. The van der Waals surface area contributed by atoms with Crippen molar-refractivity contribution < 1.29 is 32.6 Å². The molecule has 11 heteroatoms. The van der Waals surface area contributed by atoms with Crippen molar-refractivity contribution in [3.8, 4) is 0 Å². The number of aliphatic carboxylic acids is 1. The van der Waals surface area contributed by atoms with E-state index in [0.29, 0.717) is 6.54 Å². The van der Waals surface area contributed by atoms with Gasteiger partial charge in [-0.3, -0.25) is 9.69 Å². The van der Waals surface area contributed by atoms with E-state index >= 15 is 0 Å². The summed E-state index contributed by atoms with van der Waals surface area (Å²) in [4.78, 5) is 30.1. The van der Waals surface area contributed by atoms with Gasteiger partial charge in [-0.05, 0) is 12.5 Å². The fraction of sp³-hybridized carbons (Fsp3) is 0.476. The smallest absolute Gasteiger partial charge is 0.475 e. The molecule has 1 aromatic carbocycles. The lowest BCUT2D eigenvalue weighted by atomic mass is 10.1. The Labute approximate surface area is 183 Å². The van der Waals surface area contributed by atoms with Crippen LogP contribution in [0.15, 0.2) is 36.7 Å². The molecule has 0 bridgehead atoms. The Morgan fingerprint density at radius 1 is 1.28 bits per heavy atom. The molecule has 0 radical (unpaired) electrons. The molecule has 8 nitrogen and oxygen atoms in total. The van der Waals surface area contributed by atoms with Gasteiger partial charge in [0, 0.05) is 39.1 Å². The van der Waals surface area contributed by atoms with Gasteiger partial charge in [-0.1, -0.05) is 29.8 Å². The number of aryl methyl sites for hydroxylation is 2. The largest absolute Gasteiger partial charge is 0.490 e. The van der Waals surface area contributed by atoms with Crippen LogP contribution >= 0.6 is 0 Å². The van der Waals surface area contributed by atoms with Crippen LogP contribution in [0.2, 0.25) is 0 Å². The zero-order chi connectivity index (χ0) is 23.5. The van der Waals surface area contributed by atoms with Crippen LogP contribution in [0, 0.1) is 6.92 Å². The predicted octanol–water partition coefficient (Wildman–Crippen LogP) is 1.97. The zero-order valence-electron chi connectivity index (χ0n) is 17.7. The Morgan fingerprint density at radius 2 is 2.00 bits per heavy atom. The molecule has 2 atom stereocenters. The van der Waals surface area contributed by atoms with Crippen molar-refractivity contribution in [3.63, 3.8) is 0 Å². The van der Waals surface area contributed by atoms with Crippen LogP contribution < -0.4 is 0 Å². The fourth-order valence-corrected chi connectivity index (χ4v) is 3.83. The Bertz CT molecular complexity index is 963. The first-order valence-corrected chi connectivity index (χ1v) is 10.00. The van der Waals surface area contributed by atoms with Crippen LogP contribution in [0.5, 0.6) is 0 Å². The SMILES string of the molecule is Cc1cccc(CN2C(=O)CO[C@@H]3CN(Cc4nccn4C)C[C@H]32)c1.O=C(O)C(F)(F)F. The number of halogens is 3. The molecule has 2 aromatic rings. The van der Waals surface area contributed by atoms with Crippen molar-refractivity contribution in [2.45, 2.75) is 38.3 Å². The highest BCUT2D eigenvalue weighted by Crippen LogP contribution is 2.26. The molecule has 32 heavy (non-hydrogen) atoms. The van der Waals surface area contributed by atoms with Crippen molar-refractivity contribution in [2.24, 2.45) is 7.05 Å². The normalized spacial score (nSPS) is 21.2. The number of benzene rings is 1. The third kappa shape index (κ3) is 5.86. The predicted molar refractivity (Wildman–Crippen MR) is 107 cm³/mol. The zero-order valence-corrected chi connectivity index (χ0v) is 17.7. The molecule has 0 unspecified atom stereocenters. The highest BCUT2D eigenvalue weighted by Gasteiger charge is 2.43. The molecular weight excluding hydrogens is 429 g/mol. The number of carboxylic acids is 1. The van der Waals surface area contributed by atoms with Crippen LogP contribution in [0.3, 0.4) is 0 Å². The third-order valence-corrected chi connectivity index (χ3v) is 5.42. The van der Waals surface area contributed by atoms with E-state index in [1.165, 1.54) is 11.1 Å². The van der Waals surface area contributed by atoms with Crippen LogP contribution in [-0.2, 0) is 34.5 Å². The molecule has 1 N–H and O–H groups in total. The summed E-state index contributed by atoms with van der Waals surface area (Å²) in [7, 11) is 2.01. The second kappa shape index (κ2) is 9.70. The van der Waals surface area contributed by atoms with Gasteiger partial charge in [0.2, 0.25) is 5.91 Å². The number of carboxylic acid groups (broad SMARTS) is 1. The van der Waals surface area contributed by atoms with Gasteiger partial charge in [0.05, 0.1) is 18.7 Å². The maximum Gasteiger partial charge on any atom is 0.490 e. The van der Waals surface area contributed by atoms with E-state index in [4.69, 9.17) is 14.6 Å². The molecule has 2 saturated heterocycles. The number of hydrogen-bond acceptors (Lipinski definition) is 5. The molecule has 2 aliphatic heterocycles. The average Bonchev–Trinajstić information content (AvgIpc) is 3.30. The fourth-order valence-electron chi connectivity index (χ4n) is 3.83. The van der Waals surface area contributed by atoms with Crippen LogP contribution in [0.25, 0.3) is 0 Å². The second-order valence-corrected chi connectivity index (χ2v) is 7.88. The van der Waals surface area contributed by atoms with Crippen LogP contribution in [0.4, 0.5) is 13.2 Å². The number of nitrogens with zero attached hydrogens (tertiary/aromatic N) is 4. The topological polar surface area (TPSA) is 87.9 Å². The minimum atomic E-state index is -5.08. The molecule has 4 rings (SSSR count). The van der Waals surface area contributed by atoms with Crippen molar-refractivity contribution in [1.82, 2.24) is 19.4 Å². The van der Waals surface area contributed by atoms with Crippen LogP contribution in [0.1, 0.15) is 17.0 Å². The number of likely N-dealkylation sites (tertiary alicyclic amines) is 1. The molecule has 0 spiro atoms. The number of fused-ring (bicyclic) bond motifs is 1. The number of amides is 1. The first-order valence-electron chi connectivity index (χ1n) is 10.00. The number of aromatic nitrogens is 2. The van der Waals surface area contributed by atoms with Gasteiger partial charge in [0.1, 0.15) is 12.4 Å². The third-order valence-electron chi connectivity index (χ3n) is 5.42. The van der Waals surface area contributed by atoms with Gasteiger partial charge in [-0.15, -0.1) is 0 Å². The average molecular weight is 454 g/mol. The van der Waals surface area contributed by atoms with Gasteiger partial charge < -0.3 is 19.3 Å². The lowest BCUT2D eigenvalue weighted by molar-refractivity contribution is -0.192. The highest BCUT2D eigenvalue weighted by atomic mass is 19.4. The highest BCUT2D eigenvalue weighted by molar-refractivity contribution is 5.78. The number of imidazole rings is 1. The maximum absolute atomic E-state index is 12.5. The summed E-state index contributed by atoms with van der Waals surface area (Å²) < 4.78 is 39.6. The summed E-state index contributed by atoms with van der Waals surface area (Å²) in [5.41, 5.74) is 2.40. The lowest BCUT2D eigenvalue weighted by Gasteiger charge is -2.36. The number of carbonyl (C=O) groups excluding carboxylic acids is 1. The van der Waals surface area contributed by atoms with E-state index in [-0.39, 0.29) is 24.7 Å². The Kier molecular flexibility index (Phi) is 7.19. The Balaban J connectivity index is 0.000000360. The van der Waals surface area contributed by atoms with Gasteiger partial charge in [0.25, 0.3) is 0 Å². The van der Waals surface area contributed by atoms with E-state index in [1.54, 1.807) is 0 Å². The molecule has 1 aromatic heterocycles. The summed E-state index contributed by atoms with van der Waals surface area (Å²) in [6.45, 7) is 5.37. The number of carbonyl (C=O) groups is 2. The van der Waals surface area contributed by atoms with E-state index in [2.05, 4.69) is 41.1 Å². The summed E-state index contributed by atoms with van der Waals surface area (Å²) in [5.74, 6) is -1.63. The van der Waals surface area contributed by atoms with Crippen molar-refractivity contribution >= 4 is 11.9 Å². The van der Waals surface area contributed by atoms with Crippen molar-refractivity contribution in [1.29, 1.82) is 0 Å². The Hall–Kier alpha value is -2.92. The molecule has 2 aliphatic rings. The molecular formula is C21H25F3N4O4. The van der Waals surface area contributed by atoms with Gasteiger partial charge in [0.15, 0.2) is 0 Å². The standard InChI is InChI=1S/C19H24N4O2.C2HF3O2/c1-14-4-3-5-15(8-14)9-23-16-10-22(11-17(16)25-13-19(23)24)12-18-20-6-7-21(18)2;3-2(4,5)1(6)7/h3-8,16-17H,9-13H2,1-2H3;(H,6,7)/t16-,17-;/m1./s1. The van der Waals surface area contributed by atoms with Gasteiger partial charge >= 0.3 is 12.1 Å². The molecule has 1 amide bonds. The molecule has 0 aliphatic carbocycles. The minimum Gasteiger partial charge on any atom is -0.475 e. The lowest BCUT2D eigenvalue weighted by Crippen LogP contribution is -2.53. The molecule has 2 fully saturated rings. The Morgan fingerprint density at radius 3 is 2.59 bits per heavy atom. The first-order chi connectivity index (χ1) is 15.0. The summed E-state index contributed by atoms with van der Waals surface area (Å²) in [5, 5.41) is 7.12. The van der Waals surface area contributed by atoms with Gasteiger partial charge in [-0.2, -0.15) is 13.2 Å². The molecule has 174 valence electrons. The quantitative estimate of drug-likeness (QED) is 0.760. The number of hydrogen-bond donors (Lipinski definition) is 1. The molecule has 3 heterocycles. The number of rotatable bonds is 4. The number of ether oxygens (including phenoxy) is 1. The van der Waals surface area contributed by atoms with Crippen LogP contribution in [-0.4, -0.2) is 74.4 Å². The van der Waals surface area contributed by atoms with Gasteiger partial charge in [-0.25, -0.2) is 9.78 Å². The van der Waals surface area contributed by atoms with Crippen molar-refractivity contribution in [3.05, 3.63) is 53.6 Å². The first kappa shape index (κ1) is 23.7. The number of morpholine rings is 1. The number of alkyl halides is 3. The maximum atomic E-state index is 12.5. The van der Waals surface area contributed by atoms with E-state index < -0.39 is 12.1 Å². The van der Waals surface area contributed by atoms with E-state index in [0.717, 1.165) is 25.5 Å². The van der Waals surface area contributed by atoms with E-state index in [1.807, 2.05) is 28.9 Å². The minimum absolute atomic E-state index is 0.0848. The summed E-state index contributed by atoms with van der Waals surface area (Å²) in [6, 6.07) is 8.48. The second-order valence-electron chi connectivity index (χ2n) is 7.88. The van der Waals surface area contributed by atoms with Crippen molar-refractivity contribution in [2.75, 3.05) is 19.7 Å². The van der Waals surface area contributed by atoms with E-state index in [9.17, 15) is 18.0 Å². The monoisotopic (exact) mass is 454 g/mol.